The molecule has 1 aliphatic rings. The third-order valence-electron chi connectivity index (χ3n) is 5.00. The van der Waals surface area contributed by atoms with Crippen LogP contribution in [0.5, 0.6) is 0 Å². The van der Waals surface area contributed by atoms with E-state index in [1.807, 2.05) is 23.1 Å². The van der Waals surface area contributed by atoms with E-state index < -0.39 is 0 Å². The number of aromatic nitrogens is 1. The van der Waals surface area contributed by atoms with Gasteiger partial charge in [-0.05, 0) is 23.1 Å². The average Bonchev–Trinajstić information content (AvgIpc) is 2.68. The smallest absolute Gasteiger partial charge is 0.254 e. The van der Waals surface area contributed by atoms with Crippen molar-refractivity contribution in [3.8, 4) is 0 Å². The molecule has 0 radical (unpaired) electrons. The van der Waals surface area contributed by atoms with E-state index in [0.29, 0.717) is 38.2 Å². The maximum atomic E-state index is 12.7. The highest BCUT2D eigenvalue weighted by Gasteiger charge is 2.29. The molecule has 0 N–H and O–H groups in total. The third kappa shape index (κ3) is 4.10. The first kappa shape index (κ1) is 18.1. The van der Waals surface area contributed by atoms with E-state index in [0.717, 1.165) is 0 Å². The quantitative estimate of drug-likeness (QED) is 0.851. The molecule has 0 bridgehead atoms. The summed E-state index contributed by atoms with van der Waals surface area (Å²) in [6, 6.07) is 13.6. The minimum Gasteiger partial charge on any atom is -0.339 e. The van der Waals surface area contributed by atoms with Gasteiger partial charge in [-0.25, -0.2) is 0 Å². The first-order valence-electron chi connectivity index (χ1n) is 9.00. The summed E-state index contributed by atoms with van der Waals surface area (Å²) in [7, 11) is 0. The number of benzene rings is 1. The molecule has 0 spiro atoms. The predicted molar refractivity (Wildman–Crippen MR) is 101 cm³/mol. The van der Waals surface area contributed by atoms with Crippen molar-refractivity contribution in [2.45, 2.75) is 25.7 Å². The summed E-state index contributed by atoms with van der Waals surface area (Å²) in [5.41, 5.74) is 1.60. The molecule has 136 valence electrons. The molecule has 1 aromatic carbocycles. The maximum absolute atomic E-state index is 12.7. The van der Waals surface area contributed by atoms with Crippen molar-refractivity contribution < 1.29 is 9.59 Å². The van der Waals surface area contributed by atoms with Crippen LogP contribution < -0.4 is 0 Å². The Morgan fingerprint density at radius 2 is 1.50 bits per heavy atom. The molecule has 2 amide bonds. The van der Waals surface area contributed by atoms with Crippen LogP contribution >= 0.6 is 0 Å². The van der Waals surface area contributed by atoms with E-state index >= 15 is 0 Å². The molecule has 2 heterocycles. The number of hydrogen-bond acceptors (Lipinski definition) is 3. The molecule has 5 heteroatoms. The van der Waals surface area contributed by atoms with Gasteiger partial charge in [0, 0.05) is 50.6 Å². The highest BCUT2D eigenvalue weighted by atomic mass is 16.2. The highest BCUT2D eigenvalue weighted by molar-refractivity contribution is 5.94. The second-order valence-electron chi connectivity index (χ2n) is 7.34. The molecular formula is C21H25N3O2. The minimum atomic E-state index is -0.206. The zero-order valence-corrected chi connectivity index (χ0v) is 15.4. The topological polar surface area (TPSA) is 53.5 Å². The number of rotatable bonds is 4. The van der Waals surface area contributed by atoms with Gasteiger partial charge in [-0.15, -0.1) is 0 Å². The van der Waals surface area contributed by atoms with Crippen LogP contribution in [0.25, 0.3) is 0 Å². The van der Waals surface area contributed by atoms with E-state index in [9.17, 15) is 9.59 Å². The molecule has 1 aliphatic heterocycles. The number of nitrogens with zero attached hydrogens (tertiary/aromatic N) is 3. The Morgan fingerprint density at radius 3 is 2.12 bits per heavy atom. The van der Waals surface area contributed by atoms with Crippen molar-refractivity contribution in [2.75, 3.05) is 26.2 Å². The van der Waals surface area contributed by atoms with Crippen LogP contribution in [-0.2, 0) is 10.2 Å². The lowest BCUT2D eigenvalue weighted by atomic mass is 9.81. The van der Waals surface area contributed by atoms with Crippen LogP contribution in [0.3, 0.4) is 0 Å². The summed E-state index contributed by atoms with van der Waals surface area (Å²) in [5.74, 6) is 0.152. The number of hydrogen-bond donors (Lipinski definition) is 0. The minimum absolute atomic E-state index is 0.00381. The van der Waals surface area contributed by atoms with Gasteiger partial charge < -0.3 is 9.80 Å². The fourth-order valence-corrected chi connectivity index (χ4v) is 3.32. The molecule has 26 heavy (non-hydrogen) atoms. The lowest BCUT2D eigenvalue weighted by Crippen LogP contribution is -2.51. The lowest BCUT2D eigenvalue weighted by Gasteiger charge is -2.36. The van der Waals surface area contributed by atoms with Gasteiger partial charge in [0.05, 0.1) is 0 Å². The zero-order valence-electron chi connectivity index (χ0n) is 15.4. The van der Waals surface area contributed by atoms with Crippen LogP contribution in [0.1, 0.15) is 36.2 Å². The van der Waals surface area contributed by atoms with E-state index in [1.54, 1.807) is 29.4 Å². The molecule has 2 aromatic rings. The van der Waals surface area contributed by atoms with Gasteiger partial charge in [0.1, 0.15) is 0 Å². The molecule has 1 fully saturated rings. The Hall–Kier alpha value is -2.69. The number of amides is 2. The van der Waals surface area contributed by atoms with Crippen LogP contribution in [0, 0.1) is 0 Å². The van der Waals surface area contributed by atoms with Crippen molar-refractivity contribution in [3.05, 3.63) is 66.0 Å². The highest BCUT2D eigenvalue weighted by Crippen LogP contribution is 2.27. The molecule has 0 aliphatic carbocycles. The number of piperazine rings is 1. The van der Waals surface area contributed by atoms with Gasteiger partial charge in [0.25, 0.3) is 5.91 Å². The van der Waals surface area contributed by atoms with Crippen molar-refractivity contribution in [3.63, 3.8) is 0 Å². The second kappa shape index (κ2) is 7.68. The van der Waals surface area contributed by atoms with Crippen molar-refractivity contribution in [2.24, 2.45) is 0 Å². The molecule has 1 saturated heterocycles. The van der Waals surface area contributed by atoms with Crippen molar-refractivity contribution in [1.82, 2.24) is 14.8 Å². The molecule has 3 rings (SSSR count). The first-order valence-corrected chi connectivity index (χ1v) is 9.00. The molecule has 1 aromatic heterocycles. The summed E-state index contributed by atoms with van der Waals surface area (Å²) < 4.78 is 0. The average molecular weight is 351 g/mol. The van der Waals surface area contributed by atoms with E-state index in [4.69, 9.17) is 0 Å². The second-order valence-corrected chi connectivity index (χ2v) is 7.34. The summed E-state index contributed by atoms with van der Waals surface area (Å²) in [4.78, 5) is 32.9. The number of carbonyl (C=O) groups excluding carboxylic acids is 2. The largest absolute Gasteiger partial charge is 0.339 e. The summed E-state index contributed by atoms with van der Waals surface area (Å²) in [6.07, 6.45) is 3.71. The normalized spacial score (nSPS) is 15.0. The fraction of sp³-hybridized carbons (Fsp3) is 0.381. The Labute approximate surface area is 154 Å². The summed E-state index contributed by atoms with van der Waals surface area (Å²) in [6.45, 7) is 6.51. The third-order valence-corrected chi connectivity index (χ3v) is 5.00. The first-order chi connectivity index (χ1) is 12.5. The van der Waals surface area contributed by atoms with E-state index in [-0.39, 0.29) is 17.2 Å². The Balaban J connectivity index is 1.56. The lowest BCUT2D eigenvalue weighted by molar-refractivity contribution is -0.133. The van der Waals surface area contributed by atoms with Gasteiger partial charge >= 0.3 is 0 Å². The standard InChI is InChI=1S/C21H25N3O2/c1-21(2,18-6-4-3-5-7-18)16-19(25)23-12-14-24(15-13-23)20(26)17-8-10-22-11-9-17/h3-11H,12-16H2,1-2H3. The monoisotopic (exact) mass is 351 g/mol. The Bertz CT molecular complexity index is 751. The van der Waals surface area contributed by atoms with Crippen LogP contribution in [0.4, 0.5) is 0 Å². The number of carbonyl (C=O) groups is 2. The van der Waals surface area contributed by atoms with Crippen LogP contribution in [0.15, 0.2) is 54.9 Å². The van der Waals surface area contributed by atoms with Crippen LogP contribution in [-0.4, -0.2) is 52.8 Å². The van der Waals surface area contributed by atoms with Gasteiger partial charge in [-0.1, -0.05) is 44.2 Å². The number of pyridine rings is 1. The molecular weight excluding hydrogens is 326 g/mol. The van der Waals surface area contributed by atoms with E-state index in [2.05, 4.69) is 31.0 Å². The van der Waals surface area contributed by atoms with Gasteiger partial charge in [0.15, 0.2) is 0 Å². The SMILES string of the molecule is CC(C)(CC(=O)N1CCN(C(=O)c2ccncc2)CC1)c1ccccc1. The summed E-state index contributed by atoms with van der Waals surface area (Å²) in [5, 5.41) is 0. The van der Waals surface area contributed by atoms with Gasteiger partial charge in [0.2, 0.25) is 5.91 Å². The molecule has 5 nitrogen and oxygen atoms in total. The zero-order chi connectivity index (χ0) is 18.6. The summed E-state index contributed by atoms with van der Waals surface area (Å²) >= 11 is 0. The van der Waals surface area contributed by atoms with Gasteiger partial charge in [-0.3, -0.25) is 14.6 Å². The van der Waals surface area contributed by atoms with Gasteiger partial charge in [-0.2, -0.15) is 0 Å². The van der Waals surface area contributed by atoms with E-state index in [1.165, 1.54) is 5.56 Å². The predicted octanol–water partition coefficient (Wildman–Crippen LogP) is 2.73. The Kier molecular flexibility index (Phi) is 5.35. The van der Waals surface area contributed by atoms with Crippen molar-refractivity contribution in [1.29, 1.82) is 0 Å². The molecule has 0 atom stereocenters. The maximum Gasteiger partial charge on any atom is 0.254 e. The Morgan fingerprint density at radius 1 is 0.923 bits per heavy atom. The molecule has 0 unspecified atom stereocenters. The van der Waals surface area contributed by atoms with Crippen LogP contribution in [0.2, 0.25) is 0 Å². The fourth-order valence-electron chi connectivity index (χ4n) is 3.32. The van der Waals surface area contributed by atoms with Crippen molar-refractivity contribution >= 4 is 11.8 Å². The molecule has 0 saturated carbocycles.